The number of rotatable bonds is 3. The number of fused-ring (bicyclic) bond motifs is 2. The number of sulfone groups is 1. The molecular weight excluding hydrogens is 272 g/mol. The summed E-state index contributed by atoms with van der Waals surface area (Å²) in [6.07, 6.45) is 2.21. The van der Waals surface area contributed by atoms with Crippen LogP contribution in [0.1, 0.15) is 33.6 Å². The maximum Gasteiger partial charge on any atom is 0.178 e. The van der Waals surface area contributed by atoms with Gasteiger partial charge in [0.2, 0.25) is 0 Å². The van der Waals surface area contributed by atoms with Crippen LogP contribution in [0.15, 0.2) is 35.2 Å². The molecule has 0 amide bonds. The molecule has 2 bridgehead atoms. The van der Waals surface area contributed by atoms with Gasteiger partial charge in [-0.05, 0) is 37.3 Å². The standard InChI is InChI=1S/C16H22O3S/c1-15(2)13(16(3)10-9-14(15)19-16)11-20(17,18)12-7-5-4-6-8-12/h4-8,13-14H,9-11H2,1-3H3/t13-,14+,16-/m0/s1. The molecule has 0 aromatic heterocycles. The van der Waals surface area contributed by atoms with Crippen LogP contribution in [0.25, 0.3) is 0 Å². The minimum absolute atomic E-state index is 0.0546. The molecule has 3 rings (SSSR count). The molecule has 1 aromatic rings. The van der Waals surface area contributed by atoms with Gasteiger partial charge in [-0.2, -0.15) is 0 Å². The van der Waals surface area contributed by atoms with Crippen molar-refractivity contribution in [3.8, 4) is 0 Å². The average Bonchev–Trinajstić information content (AvgIpc) is 2.87. The van der Waals surface area contributed by atoms with Crippen LogP contribution < -0.4 is 0 Å². The first-order valence-corrected chi connectivity index (χ1v) is 8.86. The van der Waals surface area contributed by atoms with Gasteiger partial charge in [0.25, 0.3) is 0 Å². The quantitative estimate of drug-likeness (QED) is 0.860. The molecule has 2 fully saturated rings. The monoisotopic (exact) mass is 294 g/mol. The number of ether oxygens (including phenoxy) is 1. The molecule has 0 unspecified atom stereocenters. The van der Waals surface area contributed by atoms with Crippen LogP contribution in [0.5, 0.6) is 0 Å². The van der Waals surface area contributed by atoms with Gasteiger partial charge in [0, 0.05) is 5.92 Å². The molecule has 110 valence electrons. The van der Waals surface area contributed by atoms with Gasteiger partial charge < -0.3 is 4.74 Å². The van der Waals surface area contributed by atoms with E-state index < -0.39 is 9.84 Å². The third-order valence-corrected chi connectivity index (χ3v) is 7.03. The molecule has 3 nitrogen and oxygen atoms in total. The molecule has 2 saturated heterocycles. The van der Waals surface area contributed by atoms with E-state index in [0.29, 0.717) is 4.90 Å². The number of hydrogen-bond donors (Lipinski definition) is 0. The van der Waals surface area contributed by atoms with Gasteiger partial charge >= 0.3 is 0 Å². The number of benzene rings is 1. The first-order valence-electron chi connectivity index (χ1n) is 7.21. The van der Waals surface area contributed by atoms with E-state index in [1.807, 2.05) is 6.07 Å². The first-order chi connectivity index (χ1) is 9.26. The van der Waals surface area contributed by atoms with Crippen molar-refractivity contribution in [2.45, 2.75) is 50.2 Å². The van der Waals surface area contributed by atoms with Crippen LogP contribution in [-0.2, 0) is 14.6 Å². The maximum atomic E-state index is 12.6. The zero-order valence-electron chi connectivity index (χ0n) is 12.3. The summed E-state index contributed by atoms with van der Waals surface area (Å²) < 4.78 is 31.4. The Morgan fingerprint density at radius 3 is 2.40 bits per heavy atom. The Hall–Kier alpha value is -0.870. The Bertz CT molecular complexity index is 601. The third kappa shape index (κ3) is 2.01. The lowest BCUT2D eigenvalue weighted by molar-refractivity contribution is 0.00896. The molecule has 0 aliphatic carbocycles. The maximum absolute atomic E-state index is 12.6. The van der Waals surface area contributed by atoms with Crippen LogP contribution in [0, 0.1) is 11.3 Å². The molecule has 0 saturated carbocycles. The summed E-state index contributed by atoms with van der Waals surface area (Å²) in [5.41, 5.74) is -0.356. The van der Waals surface area contributed by atoms with Gasteiger partial charge in [-0.3, -0.25) is 0 Å². The van der Waals surface area contributed by atoms with E-state index in [9.17, 15) is 8.42 Å². The highest BCUT2D eigenvalue weighted by Crippen LogP contribution is 2.58. The fourth-order valence-electron chi connectivity index (χ4n) is 3.99. The average molecular weight is 294 g/mol. The normalized spacial score (nSPS) is 35.4. The van der Waals surface area contributed by atoms with E-state index in [-0.39, 0.29) is 28.8 Å². The lowest BCUT2D eigenvalue weighted by Gasteiger charge is -2.39. The third-order valence-electron chi connectivity index (χ3n) is 5.27. The minimum atomic E-state index is -3.26. The van der Waals surface area contributed by atoms with Crippen molar-refractivity contribution in [3.05, 3.63) is 30.3 Å². The zero-order chi connectivity index (χ0) is 14.6. The van der Waals surface area contributed by atoms with Crippen molar-refractivity contribution in [2.24, 2.45) is 11.3 Å². The summed E-state index contributed by atoms with van der Waals surface area (Å²) in [7, 11) is -3.26. The van der Waals surface area contributed by atoms with Crippen molar-refractivity contribution in [2.75, 3.05) is 5.75 Å². The van der Waals surface area contributed by atoms with Gasteiger partial charge in [-0.25, -0.2) is 8.42 Å². The van der Waals surface area contributed by atoms with Gasteiger partial charge in [0.1, 0.15) is 0 Å². The lowest BCUT2D eigenvalue weighted by Crippen LogP contribution is -2.44. The van der Waals surface area contributed by atoms with Crippen LogP contribution in [0.4, 0.5) is 0 Å². The molecule has 20 heavy (non-hydrogen) atoms. The zero-order valence-corrected chi connectivity index (χ0v) is 13.1. The molecule has 3 atom stereocenters. The Morgan fingerprint density at radius 1 is 1.20 bits per heavy atom. The molecule has 2 heterocycles. The second-order valence-electron chi connectivity index (χ2n) is 6.93. The van der Waals surface area contributed by atoms with Gasteiger partial charge in [-0.1, -0.05) is 32.0 Å². The molecule has 1 aromatic carbocycles. The Labute approximate surface area is 121 Å². The van der Waals surface area contributed by atoms with Gasteiger partial charge in [-0.15, -0.1) is 0 Å². The van der Waals surface area contributed by atoms with Crippen LogP contribution in [0.2, 0.25) is 0 Å². The Kier molecular flexibility index (Phi) is 3.04. The van der Waals surface area contributed by atoms with Crippen molar-refractivity contribution in [1.82, 2.24) is 0 Å². The molecule has 0 N–H and O–H groups in total. The summed E-state index contributed by atoms with van der Waals surface area (Å²) in [6, 6.07) is 8.75. The second kappa shape index (κ2) is 4.31. The Morgan fingerprint density at radius 2 is 1.85 bits per heavy atom. The topological polar surface area (TPSA) is 43.4 Å². The van der Waals surface area contributed by atoms with E-state index in [1.54, 1.807) is 24.3 Å². The predicted molar refractivity (Wildman–Crippen MR) is 78.3 cm³/mol. The van der Waals surface area contributed by atoms with E-state index >= 15 is 0 Å². The molecule has 0 spiro atoms. The van der Waals surface area contributed by atoms with E-state index in [2.05, 4.69) is 20.8 Å². The SMILES string of the molecule is CC1(C)[C@H]2CC[C@](C)(O2)[C@H]1CS(=O)(=O)c1ccccc1. The van der Waals surface area contributed by atoms with Crippen LogP contribution in [0.3, 0.4) is 0 Å². The molecule has 2 aliphatic rings. The lowest BCUT2D eigenvalue weighted by atomic mass is 9.65. The largest absolute Gasteiger partial charge is 0.371 e. The summed E-state index contributed by atoms with van der Waals surface area (Å²) >= 11 is 0. The summed E-state index contributed by atoms with van der Waals surface area (Å²) in [6.45, 7) is 6.37. The van der Waals surface area contributed by atoms with Crippen molar-refractivity contribution >= 4 is 9.84 Å². The number of hydrogen-bond acceptors (Lipinski definition) is 3. The highest BCUT2D eigenvalue weighted by atomic mass is 32.2. The predicted octanol–water partition coefficient (Wildman–Crippen LogP) is 3.05. The first kappa shape index (κ1) is 14.1. The minimum Gasteiger partial charge on any atom is -0.371 e. The Balaban J connectivity index is 1.92. The van der Waals surface area contributed by atoms with Crippen molar-refractivity contribution in [1.29, 1.82) is 0 Å². The molecular formula is C16H22O3S. The van der Waals surface area contributed by atoms with E-state index in [0.717, 1.165) is 12.8 Å². The summed E-state index contributed by atoms with van der Waals surface area (Å²) in [5, 5.41) is 0. The van der Waals surface area contributed by atoms with Gasteiger partial charge in [0.15, 0.2) is 9.84 Å². The van der Waals surface area contributed by atoms with Crippen molar-refractivity contribution in [3.63, 3.8) is 0 Å². The molecule has 4 heteroatoms. The summed E-state index contributed by atoms with van der Waals surface area (Å²) in [4.78, 5) is 0.419. The second-order valence-corrected chi connectivity index (χ2v) is 8.96. The fraction of sp³-hybridized carbons (Fsp3) is 0.625. The highest BCUT2D eigenvalue weighted by Gasteiger charge is 2.61. The fourth-order valence-corrected chi connectivity index (χ4v) is 5.97. The van der Waals surface area contributed by atoms with E-state index in [1.165, 1.54) is 0 Å². The van der Waals surface area contributed by atoms with Crippen molar-refractivity contribution < 1.29 is 13.2 Å². The van der Waals surface area contributed by atoms with E-state index in [4.69, 9.17) is 4.74 Å². The molecule has 2 aliphatic heterocycles. The van der Waals surface area contributed by atoms with Crippen LogP contribution in [-0.4, -0.2) is 25.9 Å². The summed E-state index contributed by atoms with van der Waals surface area (Å²) in [5.74, 6) is 0.232. The smallest absolute Gasteiger partial charge is 0.178 e. The molecule has 0 radical (unpaired) electrons. The van der Waals surface area contributed by atoms with Gasteiger partial charge in [0.05, 0.1) is 22.4 Å². The highest BCUT2D eigenvalue weighted by molar-refractivity contribution is 7.91. The van der Waals surface area contributed by atoms with Crippen LogP contribution >= 0.6 is 0 Å².